The van der Waals surface area contributed by atoms with Crippen LogP contribution in [0.2, 0.25) is 0 Å². The molecule has 0 radical (unpaired) electrons. The van der Waals surface area contributed by atoms with Crippen molar-refractivity contribution in [3.05, 3.63) is 23.4 Å². The minimum atomic E-state index is -0.279. The van der Waals surface area contributed by atoms with Gasteiger partial charge in [-0.3, -0.25) is 4.79 Å². The Kier molecular flexibility index (Phi) is 2.96. The van der Waals surface area contributed by atoms with Gasteiger partial charge in [-0.25, -0.2) is 4.98 Å². The number of carbonyl (C=O) groups excluding carboxylic acids is 1. The van der Waals surface area contributed by atoms with E-state index in [1.165, 1.54) is 0 Å². The zero-order valence-corrected chi connectivity index (χ0v) is 9.68. The van der Waals surface area contributed by atoms with Gasteiger partial charge in [-0.2, -0.15) is 5.26 Å². The van der Waals surface area contributed by atoms with Crippen molar-refractivity contribution in [1.29, 1.82) is 5.26 Å². The molecule has 0 bridgehead atoms. The largest absolute Gasteiger partial charge is 0.369 e. The van der Waals surface area contributed by atoms with Gasteiger partial charge in [-0.05, 0) is 25.0 Å². The van der Waals surface area contributed by atoms with Crippen LogP contribution in [0.4, 0.5) is 5.82 Å². The summed E-state index contributed by atoms with van der Waals surface area (Å²) in [7, 11) is 0. The summed E-state index contributed by atoms with van der Waals surface area (Å²) in [5.74, 6) is 0.249. The first-order valence-electron chi connectivity index (χ1n) is 5.53. The molecule has 0 aromatic carbocycles. The number of hydrogen-bond donors (Lipinski definition) is 1. The maximum Gasteiger partial charge on any atom is 0.222 e. The predicted molar refractivity (Wildman–Crippen MR) is 63.2 cm³/mol. The molecule has 0 spiro atoms. The first-order chi connectivity index (χ1) is 8.13. The maximum absolute atomic E-state index is 11.1. The van der Waals surface area contributed by atoms with Gasteiger partial charge in [0.1, 0.15) is 11.9 Å². The first kappa shape index (κ1) is 11.4. The molecule has 5 nitrogen and oxygen atoms in total. The lowest BCUT2D eigenvalue weighted by Gasteiger charge is -2.18. The smallest absolute Gasteiger partial charge is 0.222 e. The molecule has 2 rings (SSSR count). The molecule has 1 aromatic rings. The average Bonchev–Trinajstić information content (AvgIpc) is 2.77. The van der Waals surface area contributed by atoms with Gasteiger partial charge >= 0.3 is 0 Å². The zero-order chi connectivity index (χ0) is 12.4. The highest BCUT2D eigenvalue weighted by Gasteiger charge is 2.28. The molecular weight excluding hydrogens is 216 g/mol. The molecule has 1 amide bonds. The third kappa shape index (κ3) is 2.07. The Labute approximate surface area is 99.9 Å². The predicted octanol–water partition coefficient (Wildman–Crippen LogP) is 0.573. The minimum absolute atomic E-state index is 0.135. The average molecular weight is 230 g/mol. The zero-order valence-electron chi connectivity index (χ0n) is 9.68. The lowest BCUT2D eigenvalue weighted by molar-refractivity contribution is -0.121. The molecule has 1 aliphatic rings. The van der Waals surface area contributed by atoms with Gasteiger partial charge in [0.05, 0.1) is 11.5 Å². The molecular formula is C12H14N4O. The normalized spacial score (nSPS) is 19.1. The summed E-state index contributed by atoms with van der Waals surface area (Å²) < 4.78 is 0. The number of rotatable bonds is 2. The van der Waals surface area contributed by atoms with E-state index in [2.05, 4.69) is 11.1 Å². The fourth-order valence-corrected chi connectivity index (χ4v) is 2.11. The van der Waals surface area contributed by atoms with Crippen LogP contribution in [0.5, 0.6) is 0 Å². The lowest BCUT2D eigenvalue weighted by atomic mass is 10.1. The molecule has 1 saturated heterocycles. The van der Waals surface area contributed by atoms with Gasteiger partial charge in [0.2, 0.25) is 5.91 Å². The molecule has 1 atom stereocenters. The standard InChI is InChI=1S/C12H14N4O/c1-8-2-4-15-12(10(8)6-13)16-5-3-9(7-16)11(14)17/h2,4,9H,3,5,7H2,1H3,(H2,14,17). The van der Waals surface area contributed by atoms with Gasteiger partial charge in [0.25, 0.3) is 0 Å². The van der Waals surface area contributed by atoms with Crippen LogP contribution in [0, 0.1) is 24.2 Å². The molecule has 88 valence electrons. The molecule has 1 fully saturated rings. The number of pyridine rings is 1. The van der Waals surface area contributed by atoms with Gasteiger partial charge in [0.15, 0.2) is 0 Å². The van der Waals surface area contributed by atoms with Gasteiger partial charge in [-0.15, -0.1) is 0 Å². The van der Waals surface area contributed by atoms with Gasteiger partial charge in [-0.1, -0.05) is 0 Å². The van der Waals surface area contributed by atoms with Crippen LogP contribution >= 0.6 is 0 Å². The van der Waals surface area contributed by atoms with Crippen molar-refractivity contribution < 1.29 is 4.79 Å². The van der Waals surface area contributed by atoms with Crippen LogP contribution in [0.3, 0.4) is 0 Å². The van der Waals surface area contributed by atoms with Crippen LogP contribution in [0.25, 0.3) is 0 Å². The van der Waals surface area contributed by atoms with E-state index in [0.717, 1.165) is 18.5 Å². The van der Waals surface area contributed by atoms with Crippen molar-refractivity contribution in [2.24, 2.45) is 11.7 Å². The Hall–Kier alpha value is -2.09. The van der Waals surface area contributed by atoms with Crippen LogP contribution in [-0.4, -0.2) is 24.0 Å². The van der Waals surface area contributed by atoms with Gasteiger partial charge in [0, 0.05) is 19.3 Å². The monoisotopic (exact) mass is 230 g/mol. The van der Waals surface area contributed by atoms with Crippen molar-refractivity contribution in [2.75, 3.05) is 18.0 Å². The fourth-order valence-electron chi connectivity index (χ4n) is 2.11. The Morgan fingerprint density at radius 1 is 1.71 bits per heavy atom. The highest BCUT2D eigenvalue weighted by Crippen LogP contribution is 2.26. The van der Waals surface area contributed by atoms with Crippen LogP contribution < -0.4 is 10.6 Å². The second-order valence-electron chi connectivity index (χ2n) is 4.27. The number of anilines is 1. The van der Waals surface area contributed by atoms with E-state index in [4.69, 9.17) is 11.0 Å². The van der Waals surface area contributed by atoms with Crippen molar-refractivity contribution in [1.82, 2.24) is 4.98 Å². The topological polar surface area (TPSA) is 83.0 Å². The van der Waals surface area contributed by atoms with Crippen LogP contribution in [0.15, 0.2) is 12.3 Å². The Morgan fingerprint density at radius 2 is 2.47 bits per heavy atom. The molecule has 0 saturated carbocycles. The van der Waals surface area contributed by atoms with E-state index in [9.17, 15) is 4.79 Å². The number of nitriles is 1. The molecule has 0 aliphatic carbocycles. The Balaban J connectivity index is 2.28. The molecule has 5 heteroatoms. The van der Waals surface area contributed by atoms with E-state index in [-0.39, 0.29) is 11.8 Å². The SMILES string of the molecule is Cc1ccnc(N2CCC(C(N)=O)C2)c1C#N. The number of hydrogen-bond acceptors (Lipinski definition) is 4. The van der Waals surface area contributed by atoms with Crippen LogP contribution in [-0.2, 0) is 4.79 Å². The number of primary amides is 1. The summed E-state index contributed by atoms with van der Waals surface area (Å²) in [6.07, 6.45) is 2.42. The summed E-state index contributed by atoms with van der Waals surface area (Å²) in [5.41, 5.74) is 6.77. The van der Waals surface area contributed by atoms with E-state index >= 15 is 0 Å². The summed E-state index contributed by atoms with van der Waals surface area (Å²) >= 11 is 0. The van der Waals surface area contributed by atoms with E-state index in [1.807, 2.05) is 17.9 Å². The highest BCUT2D eigenvalue weighted by atomic mass is 16.1. The molecule has 17 heavy (non-hydrogen) atoms. The Morgan fingerprint density at radius 3 is 3.06 bits per heavy atom. The molecule has 1 aromatic heterocycles. The molecule has 2 heterocycles. The summed E-state index contributed by atoms with van der Waals surface area (Å²) in [5, 5.41) is 9.13. The third-order valence-corrected chi connectivity index (χ3v) is 3.14. The van der Waals surface area contributed by atoms with E-state index in [1.54, 1.807) is 6.20 Å². The third-order valence-electron chi connectivity index (χ3n) is 3.14. The van der Waals surface area contributed by atoms with Crippen molar-refractivity contribution in [3.63, 3.8) is 0 Å². The number of nitrogens with zero attached hydrogens (tertiary/aromatic N) is 3. The highest BCUT2D eigenvalue weighted by molar-refractivity contribution is 5.78. The molecule has 2 N–H and O–H groups in total. The fraction of sp³-hybridized carbons (Fsp3) is 0.417. The maximum atomic E-state index is 11.1. The first-order valence-corrected chi connectivity index (χ1v) is 5.53. The summed E-state index contributed by atoms with van der Waals surface area (Å²) in [4.78, 5) is 17.3. The van der Waals surface area contributed by atoms with E-state index in [0.29, 0.717) is 17.9 Å². The second kappa shape index (κ2) is 4.42. The van der Waals surface area contributed by atoms with Crippen LogP contribution in [0.1, 0.15) is 17.5 Å². The van der Waals surface area contributed by atoms with Gasteiger partial charge < -0.3 is 10.6 Å². The van der Waals surface area contributed by atoms with Crippen molar-refractivity contribution in [3.8, 4) is 6.07 Å². The summed E-state index contributed by atoms with van der Waals surface area (Å²) in [6.45, 7) is 3.16. The number of amides is 1. The number of aryl methyl sites for hydroxylation is 1. The minimum Gasteiger partial charge on any atom is -0.369 e. The van der Waals surface area contributed by atoms with Crippen molar-refractivity contribution in [2.45, 2.75) is 13.3 Å². The quantitative estimate of drug-likeness (QED) is 0.805. The Bertz CT molecular complexity index is 492. The number of nitrogens with two attached hydrogens (primary N) is 1. The second-order valence-corrected chi connectivity index (χ2v) is 4.27. The van der Waals surface area contributed by atoms with Crippen molar-refractivity contribution >= 4 is 11.7 Å². The number of aromatic nitrogens is 1. The van der Waals surface area contributed by atoms with E-state index < -0.39 is 0 Å². The lowest BCUT2D eigenvalue weighted by Crippen LogP contribution is -2.28. The number of carbonyl (C=O) groups is 1. The molecule has 1 unspecified atom stereocenters. The summed E-state index contributed by atoms with van der Waals surface area (Å²) in [6, 6.07) is 3.97. The molecule has 1 aliphatic heterocycles.